The van der Waals surface area contributed by atoms with Crippen LogP contribution in [0.2, 0.25) is 0 Å². The number of Topliss-reactive ketones (excluding diaryl/α,β-unsaturated/α-hetero) is 1. The summed E-state index contributed by atoms with van der Waals surface area (Å²) in [6, 6.07) is 17.7. The lowest BCUT2D eigenvalue weighted by atomic mass is 9.87. The predicted molar refractivity (Wildman–Crippen MR) is 116 cm³/mol. The molecule has 1 saturated heterocycles. The monoisotopic (exact) mass is 419 g/mol. The van der Waals surface area contributed by atoms with Gasteiger partial charge in [-0.1, -0.05) is 42.5 Å². The van der Waals surface area contributed by atoms with Gasteiger partial charge in [0.15, 0.2) is 10.9 Å². The largest absolute Gasteiger partial charge is 0.348 e. The summed E-state index contributed by atoms with van der Waals surface area (Å²) in [6.07, 6.45) is 2.18. The molecule has 0 amide bonds. The number of ketones is 1. The summed E-state index contributed by atoms with van der Waals surface area (Å²) in [5, 5.41) is 12.0. The van der Waals surface area contributed by atoms with Gasteiger partial charge in [0.25, 0.3) is 0 Å². The highest BCUT2D eigenvalue weighted by Crippen LogP contribution is 2.30. The van der Waals surface area contributed by atoms with E-state index in [4.69, 9.17) is 10.2 Å². The Balaban J connectivity index is 1.55. The zero-order chi connectivity index (χ0) is 20.9. The van der Waals surface area contributed by atoms with Crippen molar-refractivity contribution in [3.8, 4) is 6.07 Å². The second kappa shape index (κ2) is 9.19. The van der Waals surface area contributed by atoms with Crippen LogP contribution in [0.3, 0.4) is 0 Å². The van der Waals surface area contributed by atoms with Gasteiger partial charge in [-0.25, -0.2) is 9.37 Å². The van der Waals surface area contributed by atoms with Gasteiger partial charge in [-0.05, 0) is 30.5 Å². The highest BCUT2D eigenvalue weighted by Gasteiger charge is 2.25. The van der Waals surface area contributed by atoms with E-state index in [2.05, 4.69) is 11.0 Å². The molecule has 1 aromatic heterocycles. The second-order valence-electron chi connectivity index (χ2n) is 7.55. The van der Waals surface area contributed by atoms with Crippen molar-refractivity contribution in [2.75, 3.05) is 18.0 Å². The summed E-state index contributed by atoms with van der Waals surface area (Å²) in [7, 11) is 0. The third-order valence-corrected chi connectivity index (χ3v) is 6.50. The first-order valence-corrected chi connectivity index (χ1v) is 11.0. The fraction of sp³-hybridized carbons (Fsp3) is 0.292. The maximum absolute atomic E-state index is 13.4. The molecular formula is C24H22FN3OS. The van der Waals surface area contributed by atoms with E-state index < -0.39 is 5.92 Å². The van der Waals surface area contributed by atoms with Crippen molar-refractivity contribution in [3.63, 3.8) is 0 Å². The topological polar surface area (TPSA) is 57.0 Å². The van der Waals surface area contributed by atoms with Gasteiger partial charge in [0.05, 0.1) is 17.7 Å². The lowest BCUT2D eigenvalue weighted by molar-refractivity contribution is 0.0958. The van der Waals surface area contributed by atoms with E-state index in [0.29, 0.717) is 12.0 Å². The molecule has 1 unspecified atom stereocenters. The number of aromatic nitrogens is 1. The Bertz CT molecular complexity index is 1030. The van der Waals surface area contributed by atoms with Crippen molar-refractivity contribution in [1.29, 1.82) is 5.26 Å². The summed E-state index contributed by atoms with van der Waals surface area (Å²) in [5.74, 6) is -0.604. The summed E-state index contributed by atoms with van der Waals surface area (Å²) in [5.41, 5.74) is 2.28. The highest BCUT2D eigenvalue weighted by atomic mass is 32.1. The molecular weight excluding hydrogens is 397 g/mol. The SMILES string of the molecule is N#CC1CCN(c2nc(CC(C(=O)c3ccccc3)c3ccc(F)cc3)cs2)CC1. The molecule has 1 fully saturated rings. The van der Waals surface area contributed by atoms with Gasteiger partial charge in [0, 0.05) is 36.4 Å². The molecule has 0 radical (unpaired) electrons. The molecule has 6 heteroatoms. The van der Waals surface area contributed by atoms with Gasteiger partial charge >= 0.3 is 0 Å². The lowest BCUT2D eigenvalue weighted by Gasteiger charge is -2.28. The third-order valence-electron chi connectivity index (χ3n) is 5.55. The number of nitrogens with zero attached hydrogens (tertiary/aromatic N) is 3. The molecule has 2 heterocycles. The van der Waals surface area contributed by atoms with Crippen LogP contribution in [-0.2, 0) is 6.42 Å². The Morgan fingerprint density at radius 1 is 1.17 bits per heavy atom. The van der Waals surface area contributed by atoms with Gasteiger partial charge in [0.2, 0.25) is 0 Å². The van der Waals surface area contributed by atoms with Crippen LogP contribution in [0.15, 0.2) is 60.0 Å². The fourth-order valence-corrected chi connectivity index (χ4v) is 4.70. The first-order valence-electron chi connectivity index (χ1n) is 10.1. The molecule has 0 aliphatic carbocycles. The molecule has 1 aliphatic heterocycles. The van der Waals surface area contributed by atoms with Gasteiger partial charge in [-0.3, -0.25) is 4.79 Å². The predicted octanol–water partition coefficient (Wildman–Crippen LogP) is 5.23. The van der Waals surface area contributed by atoms with Crippen LogP contribution in [0.5, 0.6) is 0 Å². The van der Waals surface area contributed by atoms with Crippen molar-refractivity contribution >= 4 is 22.3 Å². The van der Waals surface area contributed by atoms with Gasteiger partial charge < -0.3 is 4.90 Å². The minimum Gasteiger partial charge on any atom is -0.348 e. The van der Waals surface area contributed by atoms with Crippen LogP contribution in [-0.4, -0.2) is 23.9 Å². The Kier molecular flexibility index (Phi) is 6.20. The highest BCUT2D eigenvalue weighted by molar-refractivity contribution is 7.13. The van der Waals surface area contributed by atoms with E-state index in [1.54, 1.807) is 23.5 Å². The standard InChI is InChI=1S/C24H22FN3OS/c25-20-8-6-18(7-9-20)22(23(29)19-4-2-1-3-5-19)14-21-16-30-24(27-21)28-12-10-17(15-26)11-13-28/h1-9,16-17,22H,10-14H2. The zero-order valence-corrected chi connectivity index (χ0v) is 17.3. The molecule has 4 nitrogen and oxygen atoms in total. The molecule has 0 saturated carbocycles. The zero-order valence-electron chi connectivity index (χ0n) is 16.5. The van der Waals surface area contributed by atoms with Gasteiger partial charge in [0.1, 0.15) is 5.82 Å². The van der Waals surface area contributed by atoms with Crippen LogP contribution in [0.25, 0.3) is 0 Å². The molecule has 0 spiro atoms. The average Bonchev–Trinajstić information content (AvgIpc) is 3.27. The Morgan fingerprint density at radius 3 is 2.53 bits per heavy atom. The normalized spacial score (nSPS) is 15.5. The van der Waals surface area contributed by atoms with Crippen molar-refractivity contribution in [1.82, 2.24) is 4.98 Å². The number of thiazole rings is 1. The van der Waals surface area contributed by atoms with Crippen molar-refractivity contribution in [3.05, 3.63) is 82.6 Å². The fourth-order valence-electron chi connectivity index (χ4n) is 3.80. The van der Waals surface area contributed by atoms with E-state index in [1.807, 2.05) is 35.7 Å². The Morgan fingerprint density at radius 2 is 1.87 bits per heavy atom. The molecule has 2 aromatic carbocycles. The molecule has 0 N–H and O–H groups in total. The van der Waals surface area contributed by atoms with Crippen molar-refractivity contribution in [2.24, 2.45) is 5.92 Å². The molecule has 152 valence electrons. The van der Waals surface area contributed by atoms with Gasteiger partial charge in [-0.2, -0.15) is 5.26 Å². The van der Waals surface area contributed by atoms with Crippen molar-refractivity contribution in [2.45, 2.75) is 25.2 Å². The first-order chi connectivity index (χ1) is 14.6. The number of piperidine rings is 1. The maximum Gasteiger partial charge on any atom is 0.185 e. The minimum atomic E-state index is -0.424. The van der Waals surface area contributed by atoms with Crippen LogP contribution in [0.4, 0.5) is 9.52 Å². The Hall–Kier alpha value is -3.04. The van der Waals surface area contributed by atoms with Gasteiger partial charge in [-0.15, -0.1) is 11.3 Å². The second-order valence-corrected chi connectivity index (χ2v) is 8.39. The van der Waals surface area contributed by atoms with Crippen LogP contribution < -0.4 is 4.90 Å². The number of carbonyl (C=O) groups excluding carboxylic acids is 1. The van der Waals surface area contributed by atoms with Crippen LogP contribution in [0, 0.1) is 23.1 Å². The number of halogens is 1. The number of anilines is 1. The Labute approximate surface area is 179 Å². The number of hydrogen-bond donors (Lipinski definition) is 0. The summed E-state index contributed by atoms with van der Waals surface area (Å²) >= 11 is 1.57. The number of hydrogen-bond acceptors (Lipinski definition) is 5. The third kappa shape index (κ3) is 4.58. The molecule has 1 atom stereocenters. The smallest absolute Gasteiger partial charge is 0.185 e. The van der Waals surface area contributed by atoms with E-state index in [-0.39, 0.29) is 17.5 Å². The van der Waals surface area contributed by atoms with Crippen LogP contribution in [0.1, 0.15) is 40.4 Å². The van der Waals surface area contributed by atoms with E-state index in [0.717, 1.165) is 42.3 Å². The van der Waals surface area contributed by atoms with Crippen LogP contribution >= 0.6 is 11.3 Å². The summed E-state index contributed by atoms with van der Waals surface area (Å²) < 4.78 is 13.4. The molecule has 4 rings (SSSR count). The summed E-state index contributed by atoms with van der Waals surface area (Å²) in [4.78, 5) is 20.2. The molecule has 30 heavy (non-hydrogen) atoms. The van der Waals surface area contributed by atoms with Crippen molar-refractivity contribution < 1.29 is 9.18 Å². The first kappa shape index (κ1) is 20.2. The quantitative estimate of drug-likeness (QED) is 0.513. The maximum atomic E-state index is 13.4. The number of benzene rings is 2. The minimum absolute atomic E-state index is 0.00610. The van der Waals surface area contributed by atoms with E-state index in [1.165, 1.54) is 12.1 Å². The van der Waals surface area contributed by atoms with E-state index >= 15 is 0 Å². The van der Waals surface area contributed by atoms with E-state index in [9.17, 15) is 9.18 Å². The number of rotatable bonds is 6. The number of carbonyl (C=O) groups is 1. The molecule has 3 aromatic rings. The average molecular weight is 420 g/mol. The molecule has 0 bridgehead atoms. The number of nitriles is 1. The summed E-state index contributed by atoms with van der Waals surface area (Å²) in [6.45, 7) is 1.66. The lowest BCUT2D eigenvalue weighted by Crippen LogP contribution is -2.33. The molecule has 1 aliphatic rings.